The lowest BCUT2D eigenvalue weighted by molar-refractivity contribution is -0.126. The summed E-state index contributed by atoms with van der Waals surface area (Å²) < 4.78 is 29.8. The Balaban J connectivity index is 1.40. The molecule has 3 aromatic rings. The molecule has 5 heterocycles. The fourth-order valence-corrected chi connectivity index (χ4v) is 8.78. The first-order chi connectivity index (χ1) is 22.5. The fourth-order valence-electron chi connectivity index (χ4n) is 7.62. The number of amides is 1. The van der Waals surface area contributed by atoms with Crippen molar-refractivity contribution < 1.29 is 17.9 Å². The number of sulfone groups is 1. The number of ether oxygens (including phenoxy) is 1. The van der Waals surface area contributed by atoms with Gasteiger partial charge in [0.1, 0.15) is 21.5 Å². The van der Waals surface area contributed by atoms with E-state index in [1.165, 1.54) is 17.9 Å². The Kier molecular flexibility index (Phi) is 9.44. The lowest BCUT2D eigenvalue weighted by Gasteiger charge is -2.48. The summed E-state index contributed by atoms with van der Waals surface area (Å²) in [6, 6.07) is 6.16. The molecular formula is C35H47N7O4S. The van der Waals surface area contributed by atoms with Crippen LogP contribution in [0.3, 0.4) is 0 Å². The molecule has 1 aromatic carbocycles. The van der Waals surface area contributed by atoms with Gasteiger partial charge in [-0.05, 0) is 79.3 Å². The van der Waals surface area contributed by atoms with Crippen LogP contribution in [0.1, 0.15) is 69.5 Å². The molecule has 12 heteroatoms. The van der Waals surface area contributed by atoms with Crippen molar-refractivity contribution >= 4 is 49.8 Å². The highest BCUT2D eigenvalue weighted by molar-refractivity contribution is 7.90. The van der Waals surface area contributed by atoms with E-state index in [0.717, 1.165) is 60.8 Å². The molecule has 3 aliphatic rings. The van der Waals surface area contributed by atoms with E-state index in [9.17, 15) is 13.2 Å². The number of piperidine rings is 1. The average Bonchev–Trinajstić information content (AvgIpc) is 3.55. The number of nitrogens with zero attached hydrogens (tertiary/aromatic N) is 6. The first kappa shape index (κ1) is 33.1. The average molecular weight is 662 g/mol. The van der Waals surface area contributed by atoms with Gasteiger partial charge in [0.15, 0.2) is 0 Å². The van der Waals surface area contributed by atoms with E-state index in [4.69, 9.17) is 14.7 Å². The summed E-state index contributed by atoms with van der Waals surface area (Å²) in [7, 11) is -1.33. The predicted molar refractivity (Wildman–Crippen MR) is 187 cm³/mol. The zero-order valence-corrected chi connectivity index (χ0v) is 29.0. The van der Waals surface area contributed by atoms with Crippen LogP contribution in [-0.2, 0) is 19.4 Å². The molecule has 3 atom stereocenters. The summed E-state index contributed by atoms with van der Waals surface area (Å²) in [5.41, 5.74) is 3.35. The molecule has 0 aliphatic carbocycles. The van der Waals surface area contributed by atoms with E-state index in [-0.39, 0.29) is 41.7 Å². The van der Waals surface area contributed by atoms with Gasteiger partial charge in [0.05, 0.1) is 17.9 Å². The second-order valence-corrected chi connectivity index (χ2v) is 15.8. The van der Waals surface area contributed by atoms with Crippen LogP contribution in [-0.4, -0.2) is 91.6 Å². The molecule has 47 heavy (non-hydrogen) atoms. The SMILES string of the molecule is C=CC(=O)N1CCC[C@@H]1c1cc(N2C[C@H](CS(C)(=O)=O)[C@H]2C)c2cnc(Nc3ccnc(N4CCC(OC)CC4)n3)cc2c1C(C)C. The molecule has 252 valence electrons. The number of anilines is 4. The van der Waals surface area contributed by atoms with Gasteiger partial charge >= 0.3 is 0 Å². The molecule has 0 bridgehead atoms. The molecule has 3 fully saturated rings. The number of hydrogen-bond acceptors (Lipinski definition) is 10. The van der Waals surface area contributed by atoms with Gasteiger partial charge in [0, 0.05) is 75.0 Å². The number of rotatable bonds is 10. The number of fused-ring (bicyclic) bond motifs is 1. The largest absolute Gasteiger partial charge is 0.381 e. The number of carbonyl (C=O) groups is 1. The minimum absolute atomic E-state index is 0.0476. The van der Waals surface area contributed by atoms with Crippen LogP contribution in [0.2, 0.25) is 0 Å². The Hall–Kier alpha value is -3.77. The van der Waals surface area contributed by atoms with Crippen molar-refractivity contribution in [2.24, 2.45) is 5.92 Å². The second-order valence-electron chi connectivity index (χ2n) is 13.6. The lowest BCUT2D eigenvalue weighted by atomic mass is 9.84. The van der Waals surface area contributed by atoms with Crippen molar-refractivity contribution in [1.82, 2.24) is 19.9 Å². The van der Waals surface area contributed by atoms with Gasteiger partial charge in [-0.1, -0.05) is 20.4 Å². The van der Waals surface area contributed by atoms with Crippen molar-refractivity contribution in [2.45, 2.75) is 70.6 Å². The molecule has 0 unspecified atom stereocenters. The number of carbonyl (C=O) groups excluding carboxylic acids is 1. The summed E-state index contributed by atoms with van der Waals surface area (Å²) in [5.74, 6) is 2.35. The summed E-state index contributed by atoms with van der Waals surface area (Å²) >= 11 is 0. The van der Waals surface area contributed by atoms with Crippen LogP contribution >= 0.6 is 0 Å². The quantitative estimate of drug-likeness (QED) is 0.290. The number of benzene rings is 1. The molecule has 0 spiro atoms. The number of pyridine rings is 1. The van der Waals surface area contributed by atoms with Crippen molar-refractivity contribution in [2.75, 3.05) is 60.4 Å². The van der Waals surface area contributed by atoms with Crippen LogP contribution in [0.15, 0.2) is 43.2 Å². The molecule has 1 N–H and O–H groups in total. The normalized spacial score (nSPS) is 22.2. The number of likely N-dealkylation sites (tertiary alicyclic amines) is 1. The molecule has 6 rings (SSSR count). The third-order valence-electron chi connectivity index (χ3n) is 10.1. The van der Waals surface area contributed by atoms with Crippen LogP contribution in [0.4, 0.5) is 23.3 Å². The molecule has 1 amide bonds. The lowest BCUT2D eigenvalue weighted by Crippen LogP contribution is -2.57. The molecule has 3 saturated heterocycles. The Bertz CT molecular complexity index is 1760. The zero-order valence-electron chi connectivity index (χ0n) is 28.1. The van der Waals surface area contributed by atoms with E-state index in [0.29, 0.717) is 30.7 Å². The fraction of sp³-hybridized carbons (Fsp3) is 0.543. The molecule has 3 aliphatic heterocycles. The summed E-state index contributed by atoms with van der Waals surface area (Å²) in [6.45, 7) is 13.3. The Morgan fingerprint density at radius 1 is 1.13 bits per heavy atom. The summed E-state index contributed by atoms with van der Waals surface area (Å²) in [5, 5.41) is 5.51. The van der Waals surface area contributed by atoms with Gasteiger partial charge in [-0.25, -0.2) is 18.4 Å². The van der Waals surface area contributed by atoms with Crippen molar-refractivity contribution in [3.63, 3.8) is 0 Å². The molecule has 11 nitrogen and oxygen atoms in total. The number of nitrogens with one attached hydrogen (secondary N) is 1. The van der Waals surface area contributed by atoms with E-state index in [1.54, 1.807) is 13.3 Å². The maximum absolute atomic E-state index is 13.0. The first-order valence-corrected chi connectivity index (χ1v) is 18.7. The van der Waals surface area contributed by atoms with Crippen LogP contribution in [0.25, 0.3) is 10.8 Å². The van der Waals surface area contributed by atoms with Crippen molar-refractivity contribution in [1.29, 1.82) is 0 Å². The number of methoxy groups -OCH3 is 1. The highest BCUT2D eigenvalue weighted by Gasteiger charge is 2.40. The Labute approximate surface area is 278 Å². The maximum Gasteiger partial charge on any atom is 0.246 e. The van der Waals surface area contributed by atoms with Crippen LogP contribution in [0.5, 0.6) is 0 Å². The third kappa shape index (κ3) is 6.80. The van der Waals surface area contributed by atoms with Gasteiger partial charge < -0.3 is 24.8 Å². The van der Waals surface area contributed by atoms with Crippen LogP contribution < -0.4 is 15.1 Å². The smallest absolute Gasteiger partial charge is 0.246 e. The van der Waals surface area contributed by atoms with Crippen molar-refractivity contribution in [3.8, 4) is 0 Å². The third-order valence-corrected chi connectivity index (χ3v) is 11.1. The minimum atomic E-state index is -3.09. The highest BCUT2D eigenvalue weighted by Crippen LogP contribution is 2.46. The summed E-state index contributed by atoms with van der Waals surface area (Å²) in [6.07, 6.45) is 10.3. The molecule has 2 aromatic heterocycles. The van der Waals surface area contributed by atoms with E-state index < -0.39 is 9.84 Å². The zero-order chi connectivity index (χ0) is 33.5. The Morgan fingerprint density at radius 3 is 2.55 bits per heavy atom. The van der Waals surface area contributed by atoms with Crippen molar-refractivity contribution in [3.05, 3.63) is 54.4 Å². The van der Waals surface area contributed by atoms with Gasteiger partial charge in [-0.3, -0.25) is 4.79 Å². The number of hydrogen-bond donors (Lipinski definition) is 1. The molecular weight excluding hydrogens is 614 g/mol. The summed E-state index contributed by atoms with van der Waals surface area (Å²) in [4.78, 5) is 33.6. The van der Waals surface area contributed by atoms with Gasteiger partial charge in [0.2, 0.25) is 11.9 Å². The van der Waals surface area contributed by atoms with Gasteiger partial charge in [-0.15, -0.1) is 0 Å². The van der Waals surface area contributed by atoms with Crippen LogP contribution in [0, 0.1) is 5.92 Å². The monoisotopic (exact) mass is 661 g/mol. The molecule has 0 radical (unpaired) electrons. The topological polar surface area (TPSA) is 121 Å². The number of aromatic nitrogens is 3. The standard InChI is InChI=1S/C35H47N7O4S/c1-7-33(43)41-14-8-9-29(41)27-17-30(42-20-24(23(42)4)21-47(6,44)45)28-19-37-32(18-26(28)34(27)22(2)3)38-31-10-13-36-35(39-31)40-15-11-25(46-5)12-16-40/h7,10,13,17-19,22-25,29H,1,8-9,11-12,14-16,20-21H2,2-6H3,(H,36,37,38,39)/t23-,24-,29-/m1/s1. The maximum atomic E-state index is 13.0. The van der Waals surface area contributed by atoms with Gasteiger partial charge in [0.25, 0.3) is 0 Å². The highest BCUT2D eigenvalue weighted by atomic mass is 32.2. The predicted octanol–water partition coefficient (Wildman–Crippen LogP) is 5.23. The van der Waals surface area contributed by atoms with E-state index in [1.807, 2.05) is 17.2 Å². The van der Waals surface area contributed by atoms with E-state index in [2.05, 4.69) is 59.6 Å². The minimum Gasteiger partial charge on any atom is -0.381 e. The van der Waals surface area contributed by atoms with Gasteiger partial charge in [-0.2, -0.15) is 4.98 Å². The molecule has 0 saturated carbocycles. The van der Waals surface area contributed by atoms with E-state index >= 15 is 0 Å². The Morgan fingerprint density at radius 2 is 1.89 bits per heavy atom. The second kappa shape index (κ2) is 13.4. The first-order valence-electron chi connectivity index (χ1n) is 16.7.